The van der Waals surface area contributed by atoms with Gasteiger partial charge < -0.3 is 0 Å². The molecule has 8 heteroatoms. The highest BCUT2D eigenvalue weighted by Gasteiger charge is 2.35. The fourth-order valence-electron chi connectivity index (χ4n) is 1.19. The zero-order valence-corrected chi connectivity index (χ0v) is 9.51. The molecule has 0 unspecified atom stereocenters. The molecule has 0 aliphatic rings. The molecule has 0 radical (unpaired) electrons. The van der Waals surface area contributed by atoms with Crippen LogP contribution in [0.25, 0.3) is 4.98 Å². The summed E-state index contributed by atoms with van der Waals surface area (Å²) >= 11 is 0. The zero-order valence-electron chi connectivity index (χ0n) is 8.69. The maximum absolute atomic E-state index is 12.3. The van der Waals surface area contributed by atoms with Crippen LogP contribution < -0.4 is 0 Å². The Bertz CT molecular complexity index is 573. The van der Waals surface area contributed by atoms with Crippen molar-refractivity contribution in [3.8, 4) is 0 Å². The second kappa shape index (κ2) is 4.33. The summed E-state index contributed by atoms with van der Waals surface area (Å²) in [5.74, 6) is -0.291. The molecule has 0 amide bonds. The normalized spacial score (nSPS) is 12.2. The molecule has 1 aromatic carbocycles. The van der Waals surface area contributed by atoms with Crippen LogP contribution in [0.3, 0.4) is 0 Å². The van der Waals surface area contributed by atoms with Crippen LogP contribution in [0.4, 0.5) is 18.9 Å². The van der Waals surface area contributed by atoms with E-state index in [0.29, 0.717) is 12.1 Å². The van der Waals surface area contributed by atoms with Crippen molar-refractivity contribution in [2.45, 2.75) is 18.0 Å². The predicted octanol–water partition coefficient (Wildman–Crippen LogP) is 2.98. The molecule has 92 valence electrons. The molecular weight excluding hydrogens is 257 g/mol. The smallest absolute Gasteiger partial charge is 0.223 e. The third-order valence-corrected chi connectivity index (χ3v) is 3.88. The van der Waals surface area contributed by atoms with E-state index in [1.807, 2.05) is 0 Å². The molecule has 0 heterocycles. The molecule has 4 nitrogen and oxygen atoms in total. The molecule has 0 aliphatic carbocycles. The number of rotatable bonds is 2. The number of alkyl halides is 3. The van der Waals surface area contributed by atoms with Crippen LogP contribution in [0.1, 0.15) is 12.5 Å². The van der Waals surface area contributed by atoms with Crippen molar-refractivity contribution in [3.05, 3.63) is 28.7 Å². The molecule has 0 N–H and O–H groups in total. The van der Waals surface area contributed by atoms with Crippen LogP contribution in [0, 0.1) is 5.39 Å². The van der Waals surface area contributed by atoms with Crippen molar-refractivity contribution < 1.29 is 21.6 Å². The lowest BCUT2D eigenvalue weighted by atomic mass is 10.2. The first-order chi connectivity index (χ1) is 7.72. The SMILES string of the molecule is CCS(=O)(=O)c1ccc(C(F)(F)F)cc1[N+]#N. The van der Waals surface area contributed by atoms with Crippen LogP contribution in [-0.4, -0.2) is 14.2 Å². The zero-order chi connectivity index (χ0) is 13.3. The summed E-state index contributed by atoms with van der Waals surface area (Å²) in [7, 11) is -3.72. The van der Waals surface area contributed by atoms with Crippen LogP contribution in [0.2, 0.25) is 0 Å². The molecular formula is C9H8F3N2O2S+. The van der Waals surface area contributed by atoms with E-state index in [2.05, 4.69) is 4.98 Å². The predicted molar refractivity (Wildman–Crippen MR) is 53.9 cm³/mol. The Labute approximate surface area is 95.6 Å². The minimum atomic E-state index is -4.62. The molecule has 0 aliphatic heterocycles. The van der Waals surface area contributed by atoms with Gasteiger partial charge in [0.1, 0.15) is 0 Å². The van der Waals surface area contributed by atoms with Crippen LogP contribution in [0.5, 0.6) is 0 Å². The lowest BCUT2D eigenvalue weighted by molar-refractivity contribution is -0.137. The summed E-state index contributed by atoms with van der Waals surface area (Å²) < 4.78 is 60.0. The molecule has 1 aromatic rings. The summed E-state index contributed by atoms with van der Waals surface area (Å²) in [6.07, 6.45) is -4.62. The fourth-order valence-corrected chi connectivity index (χ4v) is 2.20. The highest BCUT2D eigenvalue weighted by Crippen LogP contribution is 2.35. The Morgan fingerprint density at radius 1 is 1.35 bits per heavy atom. The van der Waals surface area contributed by atoms with Gasteiger partial charge in [0.05, 0.1) is 11.3 Å². The van der Waals surface area contributed by atoms with E-state index in [9.17, 15) is 21.6 Å². The van der Waals surface area contributed by atoms with E-state index >= 15 is 0 Å². The van der Waals surface area contributed by atoms with Crippen molar-refractivity contribution >= 4 is 15.5 Å². The maximum Gasteiger partial charge on any atom is 0.416 e. The highest BCUT2D eigenvalue weighted by atomic mass is 32.2. The fraction of sp³-hybridized carbons (Fsp3) is 0.333. The summed E-state index contributed by atoms with van der Waals surface area (Å²) in [4.78, 5) is 2.16. The lowest BCUT2D eigenvalue weighted by Crippen LogP contribution is -2.07. The number of hydrogen-bond acceptors (Lipinski definition) is 3. The summed E-state index contributed by atoms with van der Waals surface area (Å²) in [6.45, 7) is 1.34. The number of hydrogen-bond donors (Lipinski definition) is 0. The minimum absolute atomic E-state index is 0.291. The van der Waals surface area contributed by atoms with Gasteiger partial charge in [0.25, 0.3) is 0 Å². The average Bonchev–Trinajstić information content (AvgIpc) is 2.27. The van der Waals surface area contributed by atoms with Gasteiger partial charge in [-0.1, -0.05) is 6.92 Å². The van der Waals surface area contributed by atoms with Crippen LogP contribution >= 0.6 is 0 Å². The number of benzene rings is 1. The van der Waals surface area contributed by atoms with E-state index in [4.69, 9.17) is 5.39 Å². The molecule has 0 bridgehead atoms. The molecule has 0 atom stereocenters. The van der Waals surface area contributed by atoms with E-state index < -0.39 is 32.2 Å². The highest BCUT2D eigenvalue weighted by molar-refractivity contribution is 7.91. The van der Waals surface area contributed by atoms with Crippen molar-refractivity contribution in [3.63, 3.8) is 0 Å². The number of diazo groups is 1. The van der Waals surface area contributed by atoms with Gasteiger partial charge in [-0.05, 0) is 12.1 Å². The molecule has 0 saturated heterocycles. The molecule has 0 saturated carbocycles. The van der Waals surface area contributed by atoms with Gasteiger partial charge in [0.15, 0.2) is 19.7 Å². The quantitative estimate of drug-likeness (QED) is 0.772. The summed E-state index contributed by atoms with van der Waals surface area (Å²) in [5, 5.41) is 8.56. The Kier molecular flexibility index (Phi) is 3.43. The van der Waals surface area contributed by atoms with Gasteiger partial charge in [-0.15, -0.1) is 0 Å². The van der Waals surface area contributed by atoms with Crippen molar-refractivity contribution in [1.82, 2.24) is 0 Å². The first-order valence-electron chi connectivity index (χ1n) is 4.51. The Morgan fingerprint density at radius 3 is 2.35 bits per heavy atom. The van der Waals surface area contributed by atoms with Gasteiger partial charge in [-0.3, -0.25) is 0 Å². The van der Waals surface area contributed by atoms with Gasteiger partial charge in [-0.25, -0.2) is 8.42 Å². The maximum atomic E-state index is 12.3. The molecule has 0 aromatic heterocycles. The molecule has 0 fully saturated rings. The number of sulfone groups is 1. The first kappa shape index (κ1) is 13.4. The van der Waals surface area contributed by atoms with E-state index in [1.165, 1.54) is 6.92 Å². The van der Waals surface area contributed by atoms with Gasteiger partial charge in [0.2, 0.25) is 5.39 Å². The summed E-state index contributed by atoms with van der Waals surface area (Å²) in [6, 6.07) is 1.91. The average molecular weight is 265 g/mol. The topological polar surface area (TPSA) is 62.3 Å². The molecule has 0 spiro atoms. The van der Waals surface area contributed by atoms with Crippen LogP contribution in [-0.2, 0) is 16.0 Å². The van der Waals surface area contributed by atoms with Gasteiger partial charge in [-0.2, -0.15) is 13.2 Å². The second-order valence-corrected chi connectivity index (χ2v) is 5.43. The third-order valence-electron chi connectivity index (χ3n) is 2.11. The van der Waals surface area contributed by atoms with Crippen molar-refractivity contribution in [2.24, 2.45) is 0 Å². The van der Waals surface area contributed by atoms with Gasteiger partial charge in [0, 0.05) is 6.07 Å². The Hall–Kier alpha value is -1.62. The Morgan fingerprint density at radius 2 is 1.94 bits per heavy atom. The number of nitrogens with zero attached hydrogens (tertiary/aromatic N) is 2. The first-order valence-corrected chi connectivity index (χ1v) is 6.16. The monoisotopic (exact) mass is 265 g/mol. The van der Waals surface area contributed by atoms with Crippen LogP contribution in [0.15, 0.2) is 23.1 Å². The Balaban J connectivity index is 3.46. The largest absolute Gasteiger partial charge is 0.416 e. The van der Waals surface area contributed by atoms with E-state index in [1.54, 1.807) is 0 Å². The van der Waals surface area contributed by atoms with Gasteiger partial charge >= 0.3 is 11.9 Å². The number of halogens is 3. The second-order valence-electron chi connectivity index (χ2n) is 3.18. The minimum Gasteiger partial charge on any atom is -0.223 e. The lowest BCUT2D eigenvalue weighted by Gasteiger charge is -2.05. The van der Waals surface area contributed by atoms with Crippen molar-refractivity contribution in [1.29, 1.82) is 5.39 Å². The molecule has 1 rings (SSSR count). The molecule has 17 heavy (non-hydrogen) atoms. The standard InChI is InChI=1S/C9H8F3N2O2S/c1-2-17(15,16)8-4-3-6(9(10,11)12)5-7(8)14-13/h3-5H,2H2,1H3/q+1. The summed E-state index contributed by atoms with van der Waals surface area (Å²) in [5.41, 5.74) is -1.68. The van der Waals surface area contributed by atoms with E-state index in [-0.39, 0.29) is 5.75 Å². The van der Waals surface area contributed by atoms with E-state index in [0.717, 1.165) is 6.07 Å². The van der Waals surface area contributed by atoms with Crippen molar-refractivity contribution in [2.75, 3.05) is 5.75 Å². The third kappa shape index (κ3) is 2.74.